The van der Waals surface area contributed by atoms with E-state index < -0.39 is 0 Å². The largest absolute Gasteiger partial charge is 0.474 e. The maximum absolute atomic E-state index is 6.00. The first-order valence-electron chi connectivity index (χ1n) is 6.93. The molecular formula is C15H24N2O. The molecule has 1 N–H and O–H groups in total. The first-order valence-corrected chi connectivity index (χ1v) is 6.93. The molecule has 0 aromatic carbocycles. The molecule has 2 unspecified atom stereocenters. The fourth-order valence-electron chi connectivity index (χ4n) is 2.93. The van der Waals surface area contributed by atoms with Crippen LogP contribution < -0.4 is 10.1 Å². The minimum absolute atomic E-state index is 0.339. The molecule has 1 aliphatic carbocycles. The SMILES string of the molecule is CNCc1ccc(OC2CC(C)CC(C)C2)nc1. The van der Waals surface area contributed by atoms with E-state index in [-0.39, 0.29) is 0 Å². The number of hydrogen-bond acceptors (Lipinski definition) is 3. The summed E-state index contributed by atoms with van der Waals surface area (Å²) in [6, 6.07) is 4.06. The highest BCUT2D eigenvalue weighted by atomic mass is 16.5. The Morgan fingerprint density at radius 1 is 1.22 bits per heavy atom. The van der Waals surface area contributed by atoms with Gasteiger partial charge in [-0.15, -0.1) is 0 Å². The van der Waals surface area contributed by atoms with Gasteiger partial charge in [0.15, 0.2) is 0 Å². The van der Waals surface area contributed by atoms with Crippen LogP contribution in [0.2, 0.25) is 0 Å². The van der Waals surface area contributed by atoms with E-state index in [1.165, 1.54) is 12.0 Å². The zero-order valence-electron chi connectivity index (χ0n) is 11.6. The molecule has 0 amide bonds. The molecule has 1 fully saturated rings. The summed E-state index contributed by atoms with van der Waals surface area (Å²) >= 11 is 0. The van der Waals surface area contributed by atoms with Crippen molar-refractivity contribution in [3.05, 3.63) is 23.9 Å². The van der Waals surface area contributed by atoms with Gasteiger partial charge in [-0.25, -0.2) is 4.98 Å². The van der Waals surface area contributed by atoms with E-state index in [1.54, 1.807) is 0 Å². The van der Waals surface area contributed by atoms with Crippen LogP contribution >= 0.6 is 0 Å². The Bertz CT molecular complexity index is 353. The molecule has 0 bridgehead atoms. The van der Waals surface area contributed by atoms with Crippen LogP contribution in [0.15, 0.2) is 18.3 Å². The van der Waals surface area contributed by atoms with Gasteiger partial charge in [0.1, 0.15) is 6.10 Å². The average Bonchev–Trinajstić information content (AvgIpc) is 2.31. The Labute approximate surface area is 110 Å². The van der Waals surface area contributed by atoms with Gasteiger partial charge in [0.25, 0.3) is 0 Å². The number of ether oxygens (including phenoxy) is 1. The van der Waals surface area contributed by atoms with Gasteiger partial charge in [0.2, 0.25) is 5.88 Å². The average molecular weight is 248 g/mol. The molecular weight excluding hydrogens is 224 g/mol. The molecule has 1 aromatic heterocycles. The van der Waals surface area contributed by atoms with Crippen LogP contribution in [0.1, 0.15) is 38.7 Å². The summed E-state index contributed by atoms with van der Waals surface area (Å²) in [5, 5.41) is 3.12. The van der Waals surface area contributed by atoms with Gasteiger partial charge in [0, 0.05) is 18.8 Å². The Hall–Kier alpha value is -1.09. The van der Waals surface area contributed by atoms with E-state index in [0.29, 0.717) is 6.10 Å². The van der Waals surface area contributed by atoms with Crippen molar-refractivity contribution in [3.8, 4) is 5.88 Å². The summed E-state index contributed by atoms with van der Waals surface area (Å²) in [6.45, 7) is 5.48. The third-order valence-corrected chi connectivity index (χ3v) is 3.60. The van der Waals surface area contributed by atoms with E-state index >= 15 is 0 Å². The molecule has 2 rings (SSSR count). The number of aromatic nitrogens is 1. The van der Waals surface area contributed by atoms with Crippen molar-refractivity contribution in [2.24, 2.45) is 11.8 Å². The van der Waals surface area contributed by atoms with Gasteiger partial charge in [-0.05, 0) is 43.7 Å². The van der Waals surface area contributed by atoms with Crippen molar-refractivity contribution in [1.29, 1.82) is 0 Å². The number of nitrogens with one attached hydrogen (secondary N) is 1. The van der Waals surface area contributed by atoms with Crippen molar-refractivity contribution in [2.75, 3.05) is 7.05 Å². The summed E-state index contributed by atoms with van der Waals surface area (Å²) in [4.78, 5) is 4.38. The number of rotatable bonds is 4. The zero-order valence-corrected chi connectivity index (χ0v) is 11.6. The van der Waals surface area contributed by atoms with Gasteiger partial charge in [-0.3, -0.25) is 0 Å². The number of hydrogen-bond donors (Lipinski definition) is 1. The summed E-state index contributed by atoms with van der Waals surface area (Å²) in [5.41, 5.74) is 1.19. The summed E-state index contributed by atoms with van der Waals surface area (Å²) < 4.78 is 6.00. The lowest BCUT2D eigenvalue weighted by Crippen LogP contribution is -2.28. The lowest BCUT2D eigenvalue weighted by Gasteiger charge is -2.31. The molecule has 0 aliphatic heterocycles. The fourth-order valence-corrected chi connectivity index (χ4v) is 2.93. The molecule has 1 heterocycles. The predicted octanol–water partition coefficient (Wildman–Crippen LogP) is 3.00. The topological polar surface area (TPSA) is 34.1 Å². The van der Waals surface area contributed by atoms with Crippen molar-refractivity contribution in [1.82, 2.24) is 10.3 Å². The molecule has 18 heavy (non-hydrogen) atoms. The van der Waals surface area contributed by atoms with E-state index in [0.717, 1.165) is 37.1 Å². The predicted molar refractivity (Wildman–Crippen MR) is 73.6 cm³/mol. The highest BCUT2D eigenvalue weighted by molar-refractivity contribution is 5.18. The standard InChI is InChI=1S/C15H24N2O/c1-11-6-12(2)8-14(7-11)18-15-5-4-13(9-16-3)10-17-15/h4-5,10-12,14,16H,6-9H2,1-3H3. The van der Waals surface area contributed by atoms with E-state index in [4.69, 9.17) is 4.74 Å². The quantitative estimate of drug-likeness (QED) is 0.889. The highest BCUT2D eigenvalue weighted by Crippen LogP contribution is 2.30. The van der Waals surface area contributed by atoms with E-state index in [9.17, 15) is 0 Å². The van der Waals surface area contributed by atoms with Crippen LogP contribution in [0, 0.1) is 11.8 Å². The van der Waals surface area contributed by atoms with Crippen LogP contribution in [0.5, 0.6) is 5.88 Å². The number of pyridine rings is 1. The van der Waals surface area contributed by atoms with Crippen molar-refractivity contribution >= 4 is 0 Å². The molecule has 2 atom stereocenters. The molecule has 1 aromatic rings. The lowest BCUT2D eigenvalue weighted by molar-refractivity contribution is 0.0967. The van der Waals surface area contributed by atoms with Crippen LogP contribution in [0.4, 0.5) is 0 Å². The Balaban J connectivity index is 1.92. The van der Waals surface area contributed by atoms with Gasteiger partial charge < -0.3 is 10.1 Å². The normalized spacial score (nSPS) is 28.1. The van der Waals surface area contributed by atoms with Crippen molar-refractivity contribution in [3.63, 3.8) is 0 Å². The Kier molecular flexibility index (Phi) is 4.59. The third-order valence-electron chi connectivity index (χ3n) is 3.60. The van der Waals surface area contributed by atoms with Crippen LogP contribution in [-0.2, 0) is 6.54 Å². The fraction of sp³-hybridized carbons (Fsp3) is 0.667. The van der Waals surface area contributed by atoms with Crippen molar-refractivity contribution in [2.45, 2.75) is 45.8 Å². The molecule has 100 valence electrons. The third kappa shape index (κ3) is 3.70. The molecule has 0 radical (unpaired) electrons. The van der Waals surface area contributed by atoms with Gasteiger partial charge >= 0.3 is 0 Å². The second-order valence-corrected chi connectivity index (χ2v) is 5.69. The summed E-state index contributed by atoms with van der Waals surface area (Å²) in [7, 11) is 1.94. The monoisotopic (exact) mass is 248 g/mol. The summed E-state index contributed by atoms with van der Waals surface area (Å²) in [6.07, 6.45) is 5.87. The first-order chi connectivity index (χ1) is 8.67. The molecule has 3 nitrogen and oxygen atoms in total. The van der Waals surface area contributed by atoms with E-state index in [1.807, 2.05) is 19.3 Å². The molecule has 1 aliphatic rings. The Morgan fingerprint density at radius 3 is 2.50 bits per heavy atom. The van der Waals surface area contributed by atoms with Gasteiger partial charge in [-0.2, -0.15) is 0 Å². The maximum Gasteiger partial charge on any atom is 0.213 e. The zero-order chi connectivity index (χ0) is 13.0. The minimum atomic E-state index is 0.339. The maximum atomic E-state index is 6.00. The van der Waals surface area contributed by atoms with Crippen LogP contribution in [0.25, 0.3) is 0 Å². The van der Waals surface area contributed by atoms with Gasteiger partial charge in [0.05, 0.1) is 0 Å². The summed E-state index contributed by atoms with van der Waals surface area (Å²) in [5.74, 6) is 2.30. The van der Waals surface area contributed by atoms with Crippen LogP contribution in [0.3, 0.4) is 0 Å². The highest BCUT2D eigenvalue weighted by Gasteiger charge is 2.25. The smallest absolute Gasteiger partial charge is 0.213 e. The molecule has 0 saturated heterocycles. The van der Waals surface area contributed by atoms with Gasteiger partial charge in [-0.1, -0.05) is 19.9 Å². The minimum Gasteiger partial charge on any atom is -0.474 e. The van der Waals surface area contributed by atoms with Crippen molar-refractivity contribution < 1.29 is 4.74 Å². The molecule has 1 saturated carbocycles. The Morgan fingerprint density at radius 2 is 1.94 bits per heavy atom. The molecule has 0 spiro atoms. The van der Waals surface area contributed by atoms with Crippen LogP contribution in [-0.4, -0.2) is 18.1 Å². The lowest BCUT2D eigenvalue weighted by atomic mass is 9.82. The van der Waals surface area contributed by atoms with E-state index in [2.05, 4.69) is 30.2 Å². The molecule has 3 heteroatoms. The number of nitrogens with zero attached hydrogens (tertiary/aromatic N) is 1. The first kappa shape index (κ1) is 13.3. The second-order valence-electron chi connectivity index (χ2n) is 5.69. The second kappa shape index (κ2) is 6.19.